The molecule has 2 saturated heterocycles. The minimum Gasteiger partial charge on any atom is -0.367 e. The van der Waals surface area contributed by atoms with Gasteiger partial charge < -0.3 is 29.6 Å². The van der Waals surface area contributed by atoms with E-state index in [-0.39, 0.29) is 0 Å². The lowest BCUT2D eigenvalue weighted by Crippen LogP contribution is -2.44. The fourth-order valence-corrected chi connectivity index (χ4v) is 8.86. The maximum atomic E-state index is 4.65. The van der Waals surface area contributed by atoms with Crippen LogP contribution >= 0.6 is 0 Å². The third-order valence-corrected chi connectivity index (χ3v) is 12.4. The lowest BCUT2D eigenvalue weighted by Gasteiger charge is -2.34. The van der Waals surface area contributed by atoms with Gasteiger partial charge in [0.25, 0.3) is 0 Å². The van der Waals surface area contributed by atoms with Crippen LogP contribution < -0.4 is 9.80 Å². The molecular weight excluding hydrogens is 811 g/mol. The number of fused-ring (bicyclic) bond motifs is 4. The van der Waals surface area contributed by atoms with Crippen LogP contribution in [0.4, 0.5) is 11.4 Å². The highest BCUT2D eigenvalue weighted by Gasteiger charge is 2.21. The Balaban J connectivity index is 0.000000148. The van der Waals surface area contributed by atoms with E-state index in [1.54, 1.807) is 18.6 Å². The first-order valence-electron chi connectivity index (χ1n) is 22.4. The first-order valence-corrected chi connectivity index (χ1v) is 22.4. The molecule has 0 spiro atoms. The predicted octanol–water partition coefficient (Wildman–Crippen LogP) is 8.57. The third-order valence-electron chi connectivity index (χ3n) is 12.4. The molecule has 10 aromatic rings. The number of aromatic amines is 4. The molecule has 0 amide bonds. The summed E-state index contributed by atoms with van der Waals surface area (Å²) in [4.78, 5) is 38.6. The standard InChI is InChI=1S/C25H25N7.C23H22N8.C2H6/c1-16-9-18(13-26-12-16)17-3-4-21-20(10-17)25(30-29-21)22-11-19-23(28-22)14-27-15-24(19)32-7-5-31(2)6-8-32;1-30-6-8-31(9-7-30)22-14-25-13-21-16(22)11-19(27-21)23-17-10-15(2-3-18(17)28-29-23)20-12-24-4-5-26-20;1-2/h3-4,9-15,28H,5-8H2,1-2H3,(H,29,30);2-5,10-14,27H,6-9H2,1H3,(H,28,29);1-2H3. The van der Waals surface area contributed by atoms with E-state index in [9.17, 15) is 0 Å². The van der Waals surface area contributed by atoms with Gasteiger partial charge in [-0.1, -0.05) is 26.0 Å². The minimum absolute atomic E-state index is 0.842. The monoisotopic (exact) mass is 863 g/mol. The van der Waals surface area contributed by atoms with Gasteiger partial charge in [0.05, 0.1) is 81.5 Å². The SMILES string of the molecule is CC.CN1CCN(c2cncc3[nH]c(-c4n[nH]c5ccc(-c6cnccn6)cc45)cc23)CC1.Cc1cncc(-c2ccc3[nH]nc(-c4cc5c(N6CCN(C)CC6)cncc5[nH]4)c3c2)c1. The van der Waals surface area contributed by atoms with Gasteiger partial charge in [-0.15, -0.1) is 0 Å². The summed E-state index contributed by atoms with van der Waals surface area (Å²) in [5, 5.41) is 20.1. The van der Waals surface area contributed by atoms with E-state index >= 15 is 0 Å². The quantitative estimate of drug-likeness (QED) is 0.127. The van der Waals surface area contributed by atoms with Crippen LogP contribution in [0.5, 0.6) is 0 Å². The van der Waals surface area contributed by atoms with Gasteiger partial charge >= 0.3 is 0 Å². The molecule has 328 valence electrons. The van der Waals surface area contributed by atoms with Gasteiger partial charge in [-0.2, -0.15) is 10.2 Å². The maximum absolute atomic E-state index is 4.65. The molecule has 0 bridgehead atoms. The van der Waals surface area contributed by atoms with Gasteiger partial charge in [0.15, 0.2) is 0 Å². The molecule has 0 unspecified atom stereocenters. The van der Waals surface area contributed by atoms with Crippen LogP contribution in [0.1, 0.15) is 19.4 Å². The summed E-state index contributed by atoms with van der Waals surface area (Å²) < 4.78 is 0. The summed E-state index contributed by atoms with van der Waals surface area (Å²) in [6.45, 7) is 14.3. The average Bonchev–Trinajstić information content (AvgIpc) is 4.17. The highest BCUT2D eigenvalue weighted by atomic mass is 15.3. The van der Waals surface area contributed by atoms with E-state index in [1.165, 1.54) is 22.1 Å². The molecule has 65 heavy (non-hydrogen) atoms. The number of likely N-dealkylation sites (N-methyl/N-ethyl adjacent to an activating group) is 2. The number of anilines is 2. The molecule has 2 aliphatic rings. The van der Waals surface area contributed by atoms with Gasteiger partial charge in [-0.3, -0.25) is 35.1 Å². The number of benzene rings is 2. The summed E-state index contributed by atoms with van der Waals surface area (Å²) in [5.74, 6) is 0. The number of nitrogens with zero attached hydrogens (tertiary/aromatic N) is 11. The Bertz CT molecular complexity index is 3220. The molecule has 4 N–H and O–H groups in total. The summed E-state index contributed by atoms with van der Waals surface area (Å²) in [6.07, 6.45) is 16.7. The predicted molar refractivity (Wildman–Crippen MR) is 262 cm³/mol. The van der Waals surface area contributed by atoms with Crippen LogP contribution in [0.25, 0.3) is 88.8 Å². The Hall–Kier alpha value is -7.49. The number of hydrogen-bond acceptors (Lipinski definition) is 11. The molecule has 8 aromatic heterocycles. The lowest BCUT2D eigenvalue weighted by atomic mass is 10.0. The van der Waals surface area contributed by atoms with Crippen molar-refractivity contribution in [3.05, 3.63) is 116 Å². The van der Waals surface area contributed by atoms with Crippen LogP contribution in [0, 0.1) is 6.92 Å². The van der Waals surface area contributed by atoms with Gasteiger partial charge in [0.1, 0.15) is 11.4 Å². The van der Waals surface area contributed by atoms with Crippen molar-refractivity contribution in [2.24, 2.45) is 0 Å². The summed E-state index contributed by atoms with van der Waals surface area (Å²) >= 11 is 0. The highest BCUT2D eigenvalue weighted by Crippen LogP contribution is 2.36. The molecular formula is C50H53N15. The van der Waals surface area contributed by atoms with E-state index in [2.05, 4.69) is 138 Å². The number of aryl methyl sites for hydroxylation is 1. The molecule has 0 radical (unpaired) electrons. The minimum atomic E-state index is 0.842. The number of piperazine rings is 2. The van der Waals surface area contributed by atoms with Crippen LogP contribution in [0.15, 0.2) is 110 Å². The van der Waals surface area contributed by atoms with E-state index in [0.717, 1.165) is 136 Å². The summed E-state index contributed by atoms with van der Waals surface area (Å²) in [5.41, 5.74) is 15.4. The van der Waals surface area contributed by atoms with Gasteiger partial charge in [0, 0.05) is 110 Å². The van der Waals surface area contributed by atoms with Gasteiger partial charge in [0.2, 0.25) is 0 Å². The van der Waals surface area contributed by atoms with E-state index in [0.29, 0.717) is 0 Å². The Morgan fingerprint density at radius 1 is 0.462 bits per heavy atom. The van der Waals surface area contributed by atoms with Crippen molar-refractivity contribution in [1.29, 1.82) is 0 Å². The zero-order valence-corrected chi connectivity index (χ0v) is 37.5. The molecule has 15 heteroatoms. The second-order valence-electron chi connectivity index (χ2n) is 16.7. The highest BCUT2D eigenvalue weighted by molar-refractivity contribution is 6.02. The normalized spacial score (nSPS) is 14.8. The number of rotatable bonds is 6. The third kappa shape index (κ3) is 8.27. The Labute approximate surface area is 377 Å². The van der Waals surface area contributed by atoms with Gasteiger partial charge in [-0.25, -0.2) is 0 Å². The van der Waals surface area contributed by atoms with Crippen molar-refractivity contribution in [3.63, 3.8) is 0 Å². The van der Waals surface area contributed by atoms with E-state index in [1.807, 2.05) is 63.2 Å². The Kier molecular flexibility index (Phi) is 11.5. The molecule has 0 atom stereocenters. The number of hydrogen-bond donors (Lipinski definition) is 4. The Morgan fingerprint density at radius 2 is 0.985 bits per heavy atom. The zero-order valence-electron chi connectivity index (χ0n) is 37.5. The molecule has 10 heterocycles. The zero-order chi connectivity index (χ0) is 44.4. The van der Waals surface area contributed by atoms with Crippen molar-refractivity contribution in [3.8, 4) is 45.2 Å². The number of H-pyrrole nitrogens is 4. The van der Waals surface area contributed by atoms with E-state index in [4.69, 9.17) is 0 Å². The maximum Gasteiger partial charge on any atom is 0.116 e. The fraction of sp³-hybridized carbons (Fsp3) is 0.260. The second kappa shape index (κ2) is 17.9. The average molecular weight is 864 g/mol. The van der Waals surface area contributed by atoms with Crippen LogP contribution in [-0.4, -0.2) is 132 Å². The molecule has 15 nitrogen and oxygen atoms in total. The number of aromatic nitrogens is 11. The van der Waals surface area contributed by atoms with E-state index < -0.39 is 0 Å². The lowest BCUT2D eigenvalue weighted by molar-refractivity contribution is 0.313. The fourth-order valence-electron chi connectivity index (χ4n) is 8.86. The topological polar surface area (TPSA) is 166 Å². The van der Waals surface area contributed by atoms with Crippen molar-refractivity contribution in [1.82, 2.24) is 65.1 Å². The first kappa shape index (κ1) is 41.5. The van der Waals surface area contributed by atoms with Crippen LogP contribution in [-0.2, 0) is 0 Å². The first-order chi connectivity index (χ1) is 31.9. The van der Waals surface area contributed by atoms with Crippen molar-refractivity contribution >= 4 is 55.0 Å². The summed E-state index contributed by atoms with van der Waals surface area (Å²) in [6, 6.07) is 19.1. The second-order valence-corrected chi connectivity index (χ2v) is 16.7. The molecule has 2 fully saturated rings. The largest absolute Gasteiger partial charge is 0.367 e. The Morgan fingerprint density at radius 3 is 1.51 bits per heavy atom. The number of pyridine rings is 3. The smallest absolute Gasteiger partial charge is 0.116 e. The molecule has 2 aliphatic heterocycles. The molecule has 12 rings (SSSR count). The molecule has 2 aromatic carbocycles. The van der Waals surface area contributed by atoms with Gasteiger partial charge in [-0.05, 0) is 74.6 Å². The molecule has 0 aliphatic carbocycles. The molecule has 0 saturated carbocycles. The van der Waals surface area contributed by atoms with Crippen LogP contribution in [0.2, 0.25) is 0 Å². The number of nitrogens with one attached hydrogen (secondary N) is 4. The van der Waals surface area contributed by atoms with Crippen LogP contribution in [0.3, 0.4) is 0 Å². The van der Waals surface area contributed by atoms with Crippen molar-refractivity contribution in [2.45, 2.75) is 20.8 Å². The van der Waals surface area contributed by atoms with Crippen molar-refractivity contribution < 1.29 is 0 Å². The summed E-state index contributed by atoms with van der Waals surface area (Å²) in [7, 11) is 4.34. The van der Waals surface area contributed by atoms with Crippen molar-refractivity contribution in [2.75, 3.05) is 76.3 Å².